The summed E-state index contributed by atoms with van der Waals surface area (Å²) in [6.45, 7) is 2.59. The largest absolute Gasteiger partial charge is 0.346 e. The quantitative estimate of drug-likeness (QED) is 0.882. The van der Waals surface area contributed by atoms with Gasteiger partial charge in [-0.05, 0) is 43.8 Å². The Morgan fingerprint density at radius 1 is 1.22 bits per heavy atom. The van der Waals surface area contributed by atoms with E-state index in [9.17, 15) is 8.78 Å². The van der Waals surface area contributed by atoms with Crippen molar-refractivity contribution in [2.45, 2.75) is 19.5 Å². The van der Waals surface area contributed by atoms with Gasteiger partial charge in [-0.2, -0.15) is 0 Å². The van der Waals surface area contributed by atoms with Gasteiger partial charge in [0.1, 0.15) is 0 Å². The van der Waals surface area contributed by atoms with Crippen molar-refractivity contribution in [2.24, 2.45) is 0 Å². The van der Waals surface area contributed by atoms with Crippen molar-refractivity contribution < 1.29 is 8.78 Å². The van der Waals surface area contributed by atoms with Crippen molar-refractivity contribution >= 4 is 0 Å². The molecule has 96 valence electrons. The van der Waals surface area contributed by atoms with Crippen LogP contribution in [0.1, 0.15) is 24.2 Å². The normalized spacial score (nSPS) is 12.7. The van der Waals surface area contributed by atoms with Gasteiger partial charge in [-0.1, -0.05) is 6.07 Å². The van der Waals surface area contributed by atoms with Crippen LogP contribution in [0.5, 0.6) is 0 Å². The Labute approximate surface area is 105 Å². The maximum absolute atomic E-state index is 13.1. The summed E-state index contributed by atoms with van der Waals surface area (Å²) in [5.41, 5.74) is 1.86. The molecule has 1 unspecified atom stereocenters. The Morgan fingerprint density at radius 2 is 2.00 bits per heavy atom. The van der Waals surface area contributed by atoms with Gasteiger partial charge in [0.2, 0.25) is 0 Å². The monoisotopic (exact) mass is 250 g/mol. The molecule has 0 aliphatic rings. The molecule has 2 aromatic rings. The molecule has 0 fully saturated rings. The third-order valence-electron chi connectivity index (χ3n) is 3.08. The van der Waals surface area contributed by atoms with Crippen LogP contribution in [0.25, 0.3) is 0 Å². The Hall–Kier alpha value is -1.68. The average molecular weight is 250 g/mol. The fraction of sp³-hybridized carbons (Fsp3) is 0.286. The highest BCUT2D eigenvalue weighted by atomic mass is 19.2. The number of hydrogen-bond donors (Lipinski definition) is 1. The molecular weight excluding hydrogens is 234 g/mol. The van der Waals surface area contributed by atoms with Gasteiger partial charge in [-0.3, -0.25) is 0 Å². The van der Waals surface area contributed by atoms with Crippen molar-refractivity contribution in [3.63, 3.8) is 0 Å². The maximum atomic E-state index is 13.1. The topological polar surface area (TPSA) is 17.0 Å². The van der Waals surface area contributed by atoms with Gasteiger partial charge in [0, 0.05) is 24.5 Å². The molecule has 1 aromatic heterocycles. The van der Waals surface area contributed by atoms with Crippen LogP contribution < -0.4 is 5.32 Å². The smallest absolute Gasteiger partial charge is 0.159 e. The molecule has 0 saturated heterocycles. The second-order valence-corrected chi connectivity index (χ2v) is 4.32. The van der Waals surface area contributed by atoms with Crippen molar-refractivity contribution in [1.82, 2.24) is 9.88 Å². The number of aromatic nitrogens is 1. The van der Waals surface area contributed by atoms with Crippen molar-refractivity contribution in [3.05, 3.63) is 59.4 Å². The fourth-order valence-corrected chi connectivity index (χ4v) is 1.95. The predicted octanol–water partition coefficient (Wildman–Crippen LogP) is 3.10. The summed E-state index contributed by atoms with van der Waals surface area (Å²) in [5, 5.41) is 3.16. The SMILES string of the molecule is CNC(C)c1cccn1Cc1ccc(F)c(F)c1. The second-order valence-electron chi connectivity index (χ2n) is 4.32. The average Bonchev–Trinajstić information content (AvgIpc) is 2.81. The number of nitrogens with zero attached hydrogens (tertiary/aromatic N) is 1. The first kappa shape index (κ1) is 12.8. The molecule has 1 heterocycles. The van der Waals surface area contributed by atoms with Gasteiger partial charge >= 0.3 is 0 Å². The molecule has 1 aromatic carbocycles. The van der Waals surface area contributed by atoms with Gasteiger partial charge in [0.25, 0.3) is 0 Å². The molecule has 0 spiro atoms. The standard InChI is InChI=1S/C14H16F2N2/c1-10(17-2)14-4-3-7-18(14)9-11-5-6-12(15)13(16)8-11/h3-8,10,17H,9H2,1-2H3. The van der Waals surface area contributed by atoms with Gasteiger partial charge in [0.15, 0.2) is 11.6 Å². The van der Waals surface area contributed by atoms with Crippen LogP contribution in [-0.4, -0.2) is 11.6 Å². The van der Waals surface area contributed by atoms with E-state index >= 15 is 0 Å². The summed E-state index contributed by atoms with van der Waals surface area (Å²) in [4.78, 5) is 0. The summed E-state index contributed by atoms with van der Waals surface area (Å²) in [5.74, 6) is -1.61. The Kier molecular flexibility index (Phi) is 3.77. The zero-order chi connectivity index (χ0) is 13.1. The van der Waals surface area contributed by atoms with Crippen molar-refractivity contribution in [1.29, 1.82) is 0 Å². The van der Waals surface area contributed by atoms with E-state index in [0.717, 1.165) is 17.3 Å². The first-order valence-corrected chi connectivity index (χ1v) is 5.88. The molecule has 0 bridgehead atoms. The zero-order valence-corrected chi connectivity index (χ0v) is 10.5. The van der Waals surface area contributed by atoms with E-state index in [1.807, 2.05) is 29.9 Å². The van der Waals surface area contributed by atoms with Crippen LogP contribution in [0, 0.1) is 11.6 Å². The summed E-state index contributed by atoms with van der Waals surface area (Å²) < 4.78 is 28.0. The summed E-state index contributed by atoms with van der Waals surface area (Å²) in [6, 6.07) is 8.18. The first-order valence-electron chi connectivity index (χ1n) is 5.88. The molecule has 0 amide bonds. The summed E-state index contributed by atoms with van der Waals surface area (Å²) in [7, 11) is 1.89. The predicted molar refractivity (Wildman–Crippen MR) is 67.4 cm³/mol. The first-order chi connectivity index (χ1) is 8.61. The molecule has 18 heavy (non-hydrogen) atoms. The molecule has 4 heteroatoms. The molecule has 2 nitrogen and oxygen atoms in total. The van der Waals surface area contributed by atoms with E-state index in [1.165, 1.54) is 6.07 Å². The number of rotatable bonds is 4. The molecule has 0 saturated carbocycles. The third kappa shape index (κ3) is 2.59. The lowest BCUT2D eigenvalue weighted by molar-refractivity contribution is 0.506. The van der Waals surface area contributed by atoms with E-state index in [4.69, 9.17) is 0 Å². The number of hydrogen-bond acceptors (Lipinski definition) is 1. The molecule has 0 aliphatic carbocycles. The highest BCUT2D eigenvalue weighted by Gasteiger charge is 2.09. The second kappa shape index (κ2) is 5.31. The van der Waals surface area contributed by atoms with Crippen molar-refractivity contribution in [2.75, 3.05) is 7.05 Å². The minimum Gasteiger partial charge on any atom is -0.346 e. The van der Waals surface area contributed by atoms with E-state index < -0.39 is 11.6 Å². The minimum absolute atomic E-state index is 0.213. The van der Waals surface area contributed by atoms with Crippen LogP contribution >= 0.6 is 0 Å². The number of benzene rings is 1. The van der Waals surface area contributed by atoms with Crippen LogP contribution in [0.2, 0.25) is 0 Å². The third-order valence-corrected chi connectivity index (χ3v) is 3.08. The molecule has 0 aliphatic heterocycles. The lowest BCUT2D eigenvalue weighted by atomic mass is 10.2. The zero-order valence-electron chi connectivity index (χ0n) is 10.5. The van der Waals surface area contributed by atoms with Crippen LogP contribution in [0.4, 0.5) is 8.78 Å². The fourth-order valence-electron chi connectivity index (χ4n) is 1.95. The highest BCUT2D eigenvalue weighted by Crippen LogP contribution is 2.16. The number of halogens is 2. The van der Waals surface area contributed by atoms with Gasteiger partial charge < -0.3 is 9.88 Å². The summed E-state index contributed by atoms with van der Waals surface area (Å²) in [6.07, 6.45) is 1.93. The Bertz CT molecular complexity index is 534. The Morgan fingerprint density at radius 3 is 2.67 bits per heavy atom. The molecule has 1 atom stereocenters. The van der Waals surface area contributed by atoms with E-state index in [0.29, 0.717) is 6.54 Å². The maximum Gasteiger partial charge on any atom is 0.159 e. The molecule has 0 radical (unpaired) electrons. The van der Waals surface area contributed by atoms with Crippen LogP contribution in [0.3, 0.4) is 0 Å². The minimum atomic E-state index is -0.810. The van der Waals surface area contributed by atoms with Crippen LogP contribution in [-0.2, 0) is 6.54 Å². The molecule has 1 N–H and O–H groups in total. The summed E-state index contributed by atoms with van der Waals surface area (Å²) >= 11 is 0. The highest BCUT2D eigenvalue weighted by molar-refractivity contribution is 5.20. The van der Waals surface area contributed by atoms with E-state index in [2.05, 4.69) is 12.2 Å². The lowest BCUT2D eigenvalue weighted by Gasteiger charge is -2.15. The number of nitrogens with one attached hydrogen (secondary N) is 1. The van der Waals surface area contributed by atoms with Gasteiger partial charge in [-0.25, -0.2) is 8.78 Å². The molecular formula is C14H16F2N2. The molecule has 2 rings (SSSR count). The van der Waals surface area contributed by atoms with Crippen LogP contribution in [0.15, 0.2) is 36.5 Å². The van der Waals surface area contributed by atoms with E-state index in [1.54, 1.807) is 6.07 Å². The van der Waals surface area contributed by atoms with Gasteiger partial charge in [-0.15, -0.1) is 0 Å². The van der Waals surface area contributed by atoms with Gasteiger partial charge in [0.05, 0.1) is 0 Å². The lowest BCUT2D eigenvalue weighted by Crippen LogP contribution is -2.17. The Balaban J connectivity index is 2.23. The van der Waals surface area contributed by atoms with E-state index in [-0.39, 0.29) is 6.04 Å². The van der Waals surface area contributed by atoms with Crippen molar-refractivity contribution in [3.8, 4) is 0 Å².